The number of nitrogens with one attached hydrogen (secondary N) is 2. The van der Waals surface area contributed by atoms with Gasteiger partial charge in [0.2, 0.25) is 0 Å². The van der Waals surface area contributed by atoms with Crippen LogP contribution in [0.1, 0.15) is 44.7 Å². The molecule has 0 saturated heterocycles. The predicted molar refractivity (Wildman–Crippen MR) is 114 cm³/mol. The van der Waals surface area contributed by atoms with Gasteiger partial charge in [-0.25, -0.2) is 4.68 Å². The minimum Gasteiger partial charge on any atom is -0.357 e. The second kappa shape index (κ2) is 9.79. The fourth-order valence-corrected chi connectivity index (χ4v) is 2.73. The van der Waals surface area contributed by atoms with Gasteiger partial charge >= 0.3 is 0 Å². The van der Waals surface area contributed by atoms with Crippen LogP contribution in [0.25, 0.3) is 5.69 Å². The first-order valence-electron chi connectivity index (χ1n) is 8.91. The van der Waals surface area contributed by atoms with Gasteiger partial charge < -0.3 is 10.6 Å². The minimum atomic E-state index is 0. The highest BCUT2D eigenvalue weighted by molar-refractivity contribution is 14.0. The Hall–Kier alpha value is -1.57. The summed E-state index contributed by atoms with van der Waals surface area (Å²) in [5.74, 6) is 1.81. The molecule has 1 aliphatic carbocycles. The first-order chi connectivity index (χ1) is 11.8. The molecule has 2 aromatic rings. The molecular formula is C19H28IN5. The molecule has 0 aliphatic heterocycles. The van der Waals surface area contributed by atoms with E-state index in [0.29, 0.717) is 0 Å². The van der Waals surface area contributed by atoms with Crippen molar-refractivity contribution in [2.24, 2.45) is 10.9 Å². The maximum atomic E-state index is 4.71. The van der Waals surface area contributed by atoms with E-state index < -0.39 is 0 Å². The molecule has 1 fully saturated rings. The van der Waals surface area contributed by atoms with E-state index in [0.717, 1.165) is 30.7 Å². The summed E-state index contributed by atoms with van der Waals surface area (Å²) in [4.78, 5) is 4.71. The lowest BCUT2D eigenvalue weighted by Gasteiger charge is -2.19. The highest BCUT2D eigenvalue weighted by Crippen LogP contribution is 2.32. The molecule has 0 radical (unpaired) electrons. The van der Waals surface area contributed by atoms with Gasteiger partial charge in [0.05, 0.1) is 11.7 Å². The minimum absolute atomic E-state index is 0. The average Bonchev–Trinajstić information content (AvgIpc) is 3.25. The molecule has 1 heterocycles. The van der Waals surface area contributed by atoms with Gasteiger partial charge in [0, 0.05) is 25.5 Å². The third-order valence-electron chi connectivity index (χ3n) is 4.34. The Labute approximate surface area is 167 Å². The Bertz CT molecular complexity index is 664. The van der Waals surface area contributed by atoms with Crippen LogP contribution in [0.3, 0.4) is 0 Å². The zero-order valence-corrected chi connectivity index (χ0v) is 17.3. The summed E-state index contributed by atoms with van der Waals surface area (Å²) < 4.78 is 1.88. The van der Waals surface area contributed by atoms with Gasteiger partial charge in [0.1, 0.15) is 0 Å². The van der Waals surface area contributed by atoms with Gasteiger partial charge in [0.25, 0.3) is 0 Å². The molecule has 0 bridgehead atoms. The van der Waals surface area contributed by atoms with Crippen molar-refractivity contribution in [1.82, 2.24) is 20.4 Å². The number of guanidine groups is 1. The van der Waals surface area contributed by atoms with Crippen molar-refractivity contribution in [2.45, 2.75) is 39.2 Å². The van der Waals surface area contributed by atoms with E-state index in [-0.39, 0.29) is 30.0 Å². The van der Waals surface area contributed by atoms with Crippen LogP contribution in [0.5, 0.6) is 0 Å². The summed E-state index contributed by atoms with van der Waals surface area (Å²) in [5, 5.41) is 11.2. The molecular weight excluding hydrogens is 425 g/mol. The van der Waals surface area contributed by atoms with E-state index in [1.165, 1.54) is 24.8 Å². The highest BCUT2D eigenvalue weighted by Gasteiger charge is 2.20. The largest absolute Gasteiger partial charge is 0.357 e. The van der Waals surface area contributed by atoms with Gasteiger partial charge in [-0.2, -0.15) is 5.10 Å². The molecule has 136 valence electrons. The van der Waals surface area contributed by atoms with Crippen LogP contribution in [0.15, 0.2) is 47.7 Å². The molecule has 2 N–H and O–H groups in total. The van der Waals surface area contributed by atoms with E-state index in [4.69, 9.17) is 4.99 Å². The highest BCUT2D eigenvalue weighted by atomic mass is 127. The van der Waals surface area contributed by atoms with Crippen molar-refractivity contribution in [3.05, 3.63) is 48.3 Å². The predicted octanol–water partition coefficient (Wildman–Crippen LogP) is 3.91. The van der Waals surface area contributed by atoms with Crippen molar-refractivity contribution in [1.29, 1.82) is 0 Å². The lowest BCUT2D eigenvalue weighted by Crippen LogP contribution is -2.38. The van der Waals surface area contributed by atoms with Gasteiger partial charge in [-0.15, -0.1) is 24.0 Å². The number of rotatable bonds is 7. The van der Waals surface area contributed by atoms with Crippen molar-refractivity contribution >= 4 is 29.9 Å². The molecule has 5 nitrogen and oxygen atoms in total. The van der Waals surface area contributed by atoms with Crippen LogP contribution in [0.4, 0.5) is 0 Å². The maximum absolute atomic E-state index is 4.71. The summed E-state index contributed by atoms with van der Waals surface area (Å²) in [5.41, 5.74) is 2.29. The Kier molecular flexibility index (Phi) is 7.74. The summed E-state index contributed by atoms with van der Waals surface area (Å²) in [6.07, 6.45) is 7.73. The molecule has 6 heteroatoms. The van der Waals surface area contributed by atoms with Crippen LogP contribution < -0.4 is 10.6 Å². The molecule has 0 spiro atoms. The van der Waals surface area contributed by atoms with E-state index in [1.807, 2.05) is 16.9 Å². The standard InChI is InChI=1S/C19H27N5.HI/c1-3-20-19(21-12-10-16-8-9-16)23-15(2)17-6-4-7-18(14-17)24-13-5-11-22-24;/h4-7,11,13-16H,3,8-10,12H2,1-2H3,(H2,20,21,23);1H. The van der Waals surface area contributed by atoms with E-state index in [2.05, 4.69) is 53.8 Å². The SMILES string of the molecule is CCNC(=NCCC1CC1)NC(C)c1cccc(-n2cccn2)c1.I. The molecule has 1 saturated carbocycles. The Morgan fingerprint density at radius 2 is 2.20 bits per heavy atom. The van der Waals surface area contributed by atoms with E-state index >= 15 is 0 Å². The van der Waals surface area contributed by atoms with Crippen LogP contribution in [0, 0.1) is 5.92 Å². The number of aliphatic imine (C=N–C) groups is 1. The first kappa shape index (κ1) is 19.8. The molecule has 25 heavy (non-hydrogen) atoms. The molecule has 3 rings (SSSR count). The Morgan fingerprint density at radius 1 is 1.36 bits per heavy atom. The monoisotopic (exact) mass is 453 g/mol. The van der Waals surface area contributed by atoms with Gasteiger partial charge in [-0.1, -0.05) is 25.0 Å². The van der Waals surface area contributed by atoms with E-state index in [1.54, 1.807) is 6.20 Å². The quantitative estimate of drug-likeness (QED) is 0.380. The third-order valence-corrected chi connectivity index (χ3v) is 4.34. The van der Waals surface area contributed by atoms with Gasteiger partial charge in [0.15, 0.2) is 5.96 Å². The maximum Gasteiger partial charge on any atom is 0.191 e. The van der Waals surface area contributed by atoms with Crippen LogP contribution >= 0.6 is 24.0 Å². The summed E-state index contributed by atoms with van der Waals surface area (Å²) in [6.45, 7) is 6.03. The second-order valence-corrected chi connectivity index (χ2v) is 6.40. The van der Waals surface area contributed by atoms with Crippen LogP contribution in [-0.4, -0.2) is 28.8 Å². The molecule has 0 amide bonds. The van der Waals surface area contributed by atoms with Crippen molar-refractivity contribution < 1.29 is 0 Å². The Balaban J connectivity index is 0.00000225. The summed E-state index contributed by atoms with van der Waals surface area (Å²) in [6, 6.07) is 10.6. The lowest BCUT2D eigenvalue weighted by atomic mass is 10.1. The molecule has 1 unspecified atom stereocenters. The first-order valence-corrected chi connectivity index (χ1v) is 8.91. The zero-order chi connectivity index (χ0) is 16.8. The fraction of sp³-hybridized carbons (Fsp3) is 0.474. The molecule has 1 aromatic heterocycles. The number of nitrogens with zero attached hydrogens (tertiary/aromatic N) is 3. The average molecular weight is 453 g/mol. The van der Waals surface area contributed by atoms with E-state index in [9.17, 15) is 0 Å². The van der Waals surface area contributed by atoms with Crippen LogP contribution in [-0.2, 0) is 0 Å². The topological polar surface area (TPSA) is 54.2 Å². The van der Waals surface area contributed by atoms with Gasteiger partial charge in [-0.05, 0) is 49.9 Å². The summed E-state index contributed by atoms with van der Waals surface area (Å²) >= 11 is 0. The number of halogens is 1. The van der Waals surface area contributed by atoms with Crippen LogP contribution in [0.2, 0.25) is 0 Å². The number of hydrogen-bond donors (Lipinski definition) is 2. The number of aromatic nitrogens is 2. The van der Waals surface area contributed by atoms with Crippen molar-refractivity contribution in [2.75, 3.05) is 13.1 Å². The summed E-state index contributed by atoms with van der Waals surface area (Å²) in [7, 11) is 0. The number of hydrogen-bond acceptors (Lipinski definition) is 2. The molecule has 1 aromatic carbocycles. The Morgan fingerprint density at radius 3 is 2.88 bits per heavy atom. The normalized spacial score (nSPS) is 15.4. The fourth-order valence-electron chi connectivity index (χ4n) is 2.73. The van der Waals surface area contributed by atoms with Gasteiger partial charge in [-0.3, -0.25) is 4.99 Å². The smallest absolute Gasteiger partial charge is 0.191 e. The molecule has 1 aliphatic rings. The molecule has 1 atom stereocenters. The van der Waals surface area contributed by atoms with Crippen molar-refractivity contribution in [3.8, 4) is 5.69 Å². The second-order valence-electron chi connectivity index (χ2n) is 6.40. The zero-order valence-electron chi connectivity index (χ0n) is 15.0. The lowest BCUT2D eigenvalue weighted by molar-refractivity contribution is 0.674. The third kappa shape index (κ3) is 6.02. The van der Waals surface area contributed by atoms with Crippen molar-refractivity contribution in [3.63, 3.8) is 0 Å². The number of benzene rings is 1.